The topological polar surface area (TPSA) is 37.3 Å². The van der Waals surface area contributed by atoms with Crippen LogP contribution in [-0.4, -0.2) is 11.1 Å². The van der Waals surface area contributed by atoms with Gasteiger partial charge in [0.05, 0.1) is 5.56 Å². The molecule has 2 rings (SSSR count). The Morgan fingerprint density at radius 2 is 1.83 bits per heavy atom. The number of rotatable bonds is 3. The largest absolute Gasteiger partial charge is 0.478 e. The molecule has 92 valence electrons. The number of hydrogen-bond donors (Lipinski definition) is 1. The number of carboxylic acids is 1. The molecule has 0 spiro atoms. The highest BCUT2D eigenvalue weighted by Gasteiger charge is 2.11. The average molecular weight is 323 g/mol. The van der Waals surface area contributed by atoms with Crippen molar-refractivity contribution >= 4 is 33.7 Å². The fourth-order valence-electron chi connectivity index (χ4n) is 1.53. The van der Waals surface area contributed by atoms with E-state index in [2.05, 4.69) is 15.9 Å². The Kier molecular flexibility index (Phi) is 4.09. The summed E-state index contributed by atoms with van der Waals surface area (Å²) in [5.41, 5.74) is 1.30. The summed E-state index contributed by atoms with van der Waals surface area (Å²) in [6.45, 7) is 1.89. The molecule has 0 aromatic heterocycles. The maximum absolute atomic E-state index is 11.2. The van der Waals surface area contributed by atoms with Crippen LogP contribution in [0.1, 0.15) is 15.9 Å². The first kappa shape index (κ1) is 13.2. The first-order valence-corrected chi connectivity index (χ1v) is 6.94. The molecular weight excluding hydrogens is 312 g/mol. The molecule has 0 radical (unpaired) electrons. The van der Waals surface area contributed by atoms with Gasteiger partial charge in [-0.25, -0.2) is 4.79 Å². The van der Waals surface area contributed by atoms with E-state index in [-0.39, 0.29) is 0 Å². The second kappa shape index (κ2) is 5.59. The van der Waals surface area contributed by atoms with Crippen LogP contribution in [0.5, 0.6) is 0 Å². The standard InChI is InChI=1S/C14H11BrO2S/c1-9-2-7-13(12(8-9)14(16)17)18-11-5-3-10(15)4-6-11/h2-8H,1H3,(H,16,17). The quantitative estimate of drug-likeness (QED) is 0.896. The van der Waals surface area contributed by atoms with Crippen LogP contribution in [0, 0.1) is 6.92 Å². The zero-order chi connectivity index (χ0) is 13.1. The molecule has 0 aliphatic heterocycles. The lowest BCUT2D eigenvalue weighted by Gasteiger charge is -2.07. The normalized spacial score (nSPS) is 10.3. The van der Waals surface area contributed by atoms with E-state index in [1.807, 2.05) is 43.3 Å². The third kappa shape index (κ3) is 3.15. The Hall–Kier alpha value is -1.26. The lowest BCUT2D eigenvalue weighted by molar-refractivity contribution is 0.0693. The third-order valence-corrected chi connectivity index (χ3v) is 4.02. The van der Waals surface area contributed by atoms with Crippen molar-refractivity contribution in [1.82, 2.24) is 0 Å². The molecule has 2 aromatic carbocycles. The molecule has 1 N–H and O–H groups in total. The highest BCUT2D eigenvalue weighted by Crippen LogP contribution is 2.31. The van der Waals surface area contributed by atoms with E-state index < -0.39 is 5.97 Å². The van der Waals surface area contributed by atoms with Gasteiger partial charge in [-0.2, -0.15) is 0 Å². The predicted molar refractivity (Wildman–Crippen MR) is 76.4 cm³/mol. The van der Waals surface area contributed by atoms with Crippen LogP contribution in [0.4, 0.5) is 0 Å². The molecule has 0 atom stereocenters. The highest BCUT2D eigenvalue weighted by molar-refractivity contribution is 9.10. The van der Waals surface area contributed by atoms with Crippen molar-refractivity contribution in [2.24, 2.45) is 0 Å². The van der Waals surface area contributed by atoms with Crippen LogP contribution in [0.2, 0.25) is 0 Å². The van der Waals surface area contributed by atoms with Gasteiger partial charge in [0.1, 0.15) is 0 Å². The van der Waals surface area contributed by atoms with Crippen LogP contribution >= 0.6 is 27.7 Å². The van der Waals surface area contributed by atoms with Gasteiger partial charge in [-0.3, -0.25) is 0 Å². The van der Waals surface area contributed by atoms with Crippen molar-refractivity contribution < 1.29 is 9.90 Å². The Morgan fingerprint density at radius 3 is 2.44 bits per heavy atom. The van der Waals surface area contributed by atoms with Crippen LogP contribution in [0.25, 0.3) is 0 Å². The maximum Gasteiger partial charge on any atom is 0.336 e. The highest BCUT2D eigenvalue weighted by atomic mass is 79.9. The second-order valence-corrected chi connectivity index (χ2v) is 5.89. The van der Waals surface area contributed by atoms with E-state index in [0.717, 1.165) is 19.8 Å². The lowest BCUT2D eigenvalue weighted by Crippen LogP contribution is -1.99. The van der Waals surface area contributed by atoms with Gasteiger partial charge in [-0.1, -0.05) is 39.3 Å². The Labute approximate surface area is 118 Å². The second-order valence-electron chi connectivity index (χ2n) is 3.86. The van der Waals surface area contributed by atoms with Gasteiger partial charge in [0.15, 0.2) is 0 Å². The van der Waals surface area contributed by atoms with Crippen molar-refractivity contribution in [3.8, 4) is 0 Å². The van der Waals surface area contributed by atoms with Crippen LogP contribution in [0.3, 0.4) is 0 Å². The summed E-state index contributed by atoms with van der Waals surface area (Å²) < 4.78 is 1.01. The van der Waals surface area contributed by atoms with E-state index in [1.54, 1.807) is 6.07 Å². The van der Waals surface area contributed by atoms with Crippen molar-refractivity contribution in [2.45, 2.75) is 16.7 Å². The molecule has 0 unspecified atom stereocenters. The minimum atomic E-state index is -0.890. The molecule has 0 fully saturated rings. The van der Waals surface area contributed by atoms with E-state index in [9.17, 15) is 9.90 Å². The maximum atomic E-state index is 11.2. The van der Waals surface area contributed by atoms with E-state index in [0.29, 0.717) is 5.56 Å². The molecule has 2 aromatic rings. The van der Waals surface area contributed by atoms with Gasteiger partial charge in [-0.05, 0) is 43.3 Å². The molecule has 4 heteroatoms. The summed E-state index contributed by atoms with van der Waals surface area (Å²) in [5.74, 6) is -0.890. The van der Waals surface area contributed by atoms with Gasteiger partial charge in [0.25, 0.3) is 0 Å². The van der Waals surface area contributed by atoms with Gasteiger partial charge in [-0.15, -0.1) is 0 Å². The number of benzene rings is 2. The fraction of sp³-hybridized carbons (Fsp3) is 0.0714. The number of aryl methyl sites for hydroxylation is 1. The number of carbonyl (C=O) groups is 1. The van der Waals surface area contributed by atoms with E-state index in [4.69, 9.17) is 0 Å². The number of hydrogen-bond acceptors (Lipinski definition) is 2. The first-order valence-electron chi connectivity index (χ1n) is 5.33. The summed E-state index contributed by atoms with van der Waals surface area (Å²) in [6, 6.07) is 13.3. The molecule has 18 heavy (non-hydrogen) atoms. The Balaban J connectivity index is 2.34. The van der Waals surface area contributed by atoms with Crippen molar-refractivity contribution in [3.05, 3.63) is 58.1 Å². The summed E-state index contributed by atoms with van der Waals surface area (Å²) in [4.78, 5) is 13.0. The first-order chi connectivity index (χ1) is 8.56. The molecule has 0 saturated heterocycles. The van der Waals surface area contributed by atoms with Crippen molar-refractivity contribution in [3.63, 3.8) is 0 Å². The van der Waals surface area contributed by atoms with Crippen LogP contribution in [0.15, 0.2) is 56.7 Å². The van der Waals surface area contributed by atoms with Gasteiger partial charge in [0, 0.05) is 14.3 Å². The zero-order valence-corrected chi connectivity index (χ0v) is 12.1. The minimum Gasteiger partial charge on any atom is -0.478 e. The minimum absolute atomic E-state index is 0.350. The van der Waals surface area contributed by atoms with Crippen LogP contribution in [-0.2, 0) is 0 Å². The molecule has 0 saturated carbocycles. The summed E-state index contributed by atoms with van der Waals surface area (Å²) >= 11 is 4.83. The van der Waals surface area contributed by atoms with Gasteiger partial charge in [0.2, 0.25) is 0 Å². The molecular formula is C14H11BrO2S. The number of aromatic carboxylic acids is 1. The SMILES string of the molecule is Cc1ccc(Sc2ccc(Br)cc2)c(C(=O)O)c1. The smallest absolute Gasteiger partial charge is 0.336 e. The summed E-state index contributed by atoms with van der Waals surface area (Å²) in [5, 5.41) is 9.19. The molecule has 0 amide bonds. The molecule has 2 nitrogen and oxygen atoms in total. The molecule has 0 aliphatic rings. The Bertz CT molecular complexity index is 579. The molecule has 0 bridgehead atoms. The predicted octanol–water partition coefficient (Wildman–Crippen LogP) is 4.61. The van der Waals surface area contributed by atoms with Crippen molar-refractivity contribution in [2.75, 3.05) is 0 Å². The summed E-state index contributed by atoms with van der Waals surface area (Å²) in [7, 11) is 0. The average Bonchev–Trinajstić information content (AvgIpc) is 2.34. The zero-order valence-electron chi connectivity index (χ0n) is 9.68. The number of halogens is 1. The third-order valence-electron chi connectivity index (χ3n) is 2.41. The van der Waals surface area contributed by atoms with E-state index >= 15 is 0 Å². The molecule has 0 aliphatic carbocycles. The monoisotopic (exact) mass is 322 g/mol. The fourth-order valence-corrected chi connectivity index (χ4v) is 2.71. The van der Waals surface area contributed by atoms with Crippen LogP contribution < -0.4 is 0 Å². The van der Waals surface area contributed by atoms with Crippen molar-refractivity contribution in [1.29, 1.82) is 0 Å². The van der Waals surface area contributed by atoms with Gasteiger partial charge < -0.3 is 5.11 Å². The number of carboxylic acid groups (broad SMARTS) is 1. The lowest BCUT2D eigenvalue weighted by atomic mass is 10.1. The Morgan fingerprint density at radius 1 is 1.17 bits per heavy atom. The van der Waals surface area contributed by atoms with Gasteiger partial charge >= 0.3 is 5.97 Å². The van der Waals surface area contributed by atoms with E-state index in [1.165, 1.54) is 11.8 Å². The molecule has 0 heterocycles. The summed E-state index contributed by atoms with van der Waals surface area (Å²) in [6.07, 6.45) is 0.